The molecule has 2 aliphatic carbocycles. The molecule has 0 spiro atoms. The summed E-state index contributed by atoms with van der Waals surface area (Å²) in [6.07, 6.45) is 0.491. The Kier molecular flexibility index (Phi) is 5.72. The molecule has 1 fully saturated rings. The number of ether oxygens (including phenoxy) is 1. The Bertz CT molecular complexity index is 1290. The van der Waals surface area contributed by atoms with E-state index in [1.165, 1.54) is 12.1 Å². The molecular formula is C27H23FN2O5. The predicted molar refractivity (Wildman–Crippen MR) is 127 cm³/mol. The quantitative estimate of drug-likeness (QED) is 0.470. The van der Waals surface area contributed by atoms with Crippen molar-refractivity contribution in [3.8, 4) is 11.1 Å². The van der Waals surface area contributed by atoms with Crippen LogP contribution in [0, 0.1) is 5.82 Å². The van der Waals surface area contributed by atoms with Gasteiger partial charge in [-0.3, -0.25) is 10.1 Å². The number of carbonyl (C=O) groups is 3. The Morgan fingerprint density at radius 2 is 1.60 bits per heavy atom. The van der Waals surface area contributed by atoms with Crippen molar-refractivity contribution in [3.05, 3.63) is 89.2 Å². The average molecular weight is 474 g/mol. The lowest BCUT2D eigenvalue weighted by Crippen LogP contribution is -2.59. The van der Waals surface area contributed by atoms with Crippen molar-refractivity contribution >= 4 is 23.7 Å². The normalized spacial score (nSPS) is 15.3. The average Bonchev–Trinajstić information content (AvgIpc) is 3.14. The van der Waals surface area contributed by atoms with Crippen LogP contribution < -0.4 is 10.6 Å². The Balaban J connectivity index is 1.26. The third kappa shape index (κ3) is 4.12. The topological polar surface area (TPSA) is 105 Å². The number of anilines is 1. The van der Waals surface area contributed by atoms with Crippen LogP contribution in [0.15, 0.2) is 66.7 Å². The number of carboxylic acids is 1. The van der Waals surface area contributed by atoms with E-state index < -0.39 is 29.3 Å². The van der Waals surface area contributed by atoms with Gasteiger partial charge in [-0.15, -0.1) is 0 Å². The first-order valence-corrected chi connectivity index (χ1v) is 11.4. The summed E-state index contributed by atoms with van der Waals surface area (Å²) >= 11 is 0. The molecule has 0 unspecified atom stereocenters. The zero-order chi connectivity index (χ0) is 24.6. The largest absolute Gasteiger partial charge is 0.480 e. The highest BCUT2D eigenvalue weighted by molar-refractivity contribution is 5.99. The summed E-state index contributed by atoms with van der Waals surface area (Å²) in [5, 5.41) is 14.4. The fourth-order valence-corrected chi connectivity index (χ4v) is 4.74. The number of rotatable bonds is 6. The highest BCUT2D eigenvalue weighted by Crippen LogP contribution is 2.44. The molecule has 5 rings (SSSR count). The molecule has 35 heavy (non-hydrogen) atoms. The molecule has 8 heteroatoms. The first kappa shape index (κ1) is 22.6. The Morgan fingerprint density at radius 3 is 2.17 bits per heavy atom. The predicted octanol–water partition coefficient (Wildman–Crippen LogP) is 4.92. The van der Waals surface area contributed by atoms with E-state index in [9.17, 15) is 23.9 Å². The second-order valence-corrected chi connectivity index (χ2v) is 8.84. The van der Waals surface area contributed by atoms with Gasteiger partial charge in [0.05, 0.1) is 5.56 Å². The number of aliphatic carboxylic acids is 1. The number of carbonyl (C=O) groups excluding carboxylic acids is 2. The maximum Gasteiger partial charge on any atom is 0.411 e. The number of fused-ring (bicyclic) bond motifs is 3. The first-order valence-electron chi connectivity index (χ1n) is 11.4. The second-order valence-electron chi connectivity index (χ2n) is 8.84. The van der Waals surface area contributed by atoms with Crippen LogP contribution in [0.1, 0.15) is 46.7 Å². The van der Waals surface area contributed by atoms with Gasteiger partial charge in [-0.1, -0.05) is 48.5 Å². The van der Waals surface area contributed by atoms with Gasteiger partial charge >= 0.3 is 12.1 Å². The van der Waals surface area contributed by atoms with Gasteiger partial charge in [0.25, 0.3) is 5.91 Å². The summed E-state index contributed by atoms with van der Waals surface area (Å²) in [5.74, 6) is -2.93. The standard InChI is InChI=1S/C27H23FN2O5/c28-23-11-10-16(14-21(23)24(31)30-27(25(32)33)12-5-13-27)29-26(34)35-15-22-19-8-3-1-6-17(19)18-7-2-4-9-20(18)22/h1-4,6-11,14,22H,5,12-13,15H2,(H,29,34)(H,30,31)(H,32,33). The summed E-state index contributed by atoms with van der Waals surface area (Å²) < 4.78 is 19.8. The second kappa shape index (κ2) is 8.87. The van der Waals surface area contributed by atoms with Gasteiger partial charge in [0.1, 0.15) is 18.0 Å². The summed E-state index contributed by atoms with van der Waals surface area (Å²) in [6.45, 7) is 0.107. The van der Waals surface area contributed by atoms with Gasteiger partial charge in [-0.05, 0) is 59.7 Å². The third-order valence-corrected chi connectivity index (χ3v) is 6.77. The molecule has 0 heterocycles. The minimum Gasteiger partial charge on any atom is -0.480 e. The maximum atomic E-state index is 14.3. The van der Waals surface area contributed by atoms with Crippen molar-refractivity contribution in [2.24, 2.45) is 0 Å². The monoisotopic (exact) mass is 474 g/mol. The Morgan fingerprint density at radius 1 is 0.971 bits per heavy atom. The maximum absolute atomic E-state index is 14.3. The van der Waals surface area contributed by atoms with Crippen molar-refractivity contribution < 1.29 is 28.6 Å². The highest BCUT2D eigenvalue weighted by atomic mass is 19.1. The molecule has 3 N–H and O–H groups in total. The number of carboxylic acid groups (broad SMARTS) is 1. The van der Waals surface area contributed by atoms with E-state index in [0.29, 0.717) is 6.42 Å². The van der Waals surface area contributed by atoms with Crippen molar-refractivity contribution in [2.45, 2.75) is 30.7 Å². The summed E-state index contributed by atoms with van der Waals surface area (Å²) in [5.41, 5.74) is 2.80. The fraction of sp³-hybridized carbons (Fsp3) is 0.222. The molecule has 3 aromatic rings. The lowest BCUT2D eigenvalue weighted by Gasteiger charge is -2.38. The zero-order valence-electron chi connectivity index (χ0n) is 18.7. The van der Waals surface area contributed by atoms with Crippen molar-refractivity contribution in [1.82, 2.24) is 5.32 Å². The van der Waals surface area contributed by atoms with Crippen molar-refractivity contribution in [3.63, 3.8) is 0 Å². The lowest BCUT2D eigenvalue weighted by molar-refractivity contribution is -0.148. The number of hydrogen-bond donors (Lipinski definition) is 3. The molecule has 0 bridgehead atoms. The minimum absolute atomic E-state index is 0.107. The number of nitrogens with one attached hydrogen (secondary N) is 2. The van der Waals surface area contributed by atoms with Gasteiger partial charge in [0.2, 0.25) is 0 Å². The molecule has 7 nitrogen and oxygen atoms in total. The molecule has 0 radical (unpaired) electrons. The molecule has 0 atom stereocenters. The smallest absolute Gasteiger partial charge is 0.411 e. The molecule has 1 saturated carbocycles. The zero-order valence-corrected chi connectivity index (χ0v) is 18.7. The lowest BCUT2D eigenvalue weighted by atomic mass is 9.76. The van der Waals surface area contributed by atoms with Crippen LogP contribution in [0.4, 0.5) is 14.9 Å². The van der Waals surface area contributed by atoms with Gasteiger partial charge in [-0.25, -0.2) is 14.0 Å². The van der Waals surface area contributed by atoms with Gasteiger partial charge in [-0.2, -0.15) is 0 Å². The molecule has 2 aliphatic rings. The van der Waals surface area contributed by atoms with Crippen molar-refractivity contribution in [2.75, 3.05) is 11.9 Å². The number of amides is 2. The Labute approximate surface area is 200 Å². The van der Waals surface area contributed by atoms with Gasteiger partial charge in [0, 0.05) is 11.6 Å². The van der Waals surface area contributed by atoms with Gasteiger partial charge in [0.15, 0.2) is 0 Å². The van der Waals surface area contributed by atoms with E-state index in [-0.39, 0.29) is 36.6 Å². The summed E-state index contributed by atoms with van der Waals surface area (Å²) in [6, 6.07) is 19.5. The molecule has 0 aliphatic heterocycles. The highest BCUT2D eigenvalue weighted by Gasteiger charge is 2.46. The van der Waals surface area contributed by atoms with E-state index in [1.54, 1.807) is 0 Å². The molecule has 0 saturated heterocycles. The van der Waals surface area contributed by atoms with Crippen LogP contribution >= 0.6 is 0 Å². The SMILES string of the molecule is O=C(Nc1ccc(F)c(C(=O)NC2(C(=O)O)CCC2)c1)OCC1c2ccccc2-c2ccccc21. The first-order chi connectivity index (χ1) is 16.9. The van der Waals surface area contributed by atoms with Crippen LogP contribution in [-0.2, 0) is 9.53 Å². The van der Waals surface area contributed by atoms with Gasteiger partial charge < -0.3 is 15.2 Å². The van der Waals surface area contributed by atoms with E-state index in [1.807, 2.05) is 48.5 Å². The van der Waals surface area contributed by atoms with Crippen LogP contribution in [0.5, 0.6) is 0 Å². The number of benzene rings is 3. The van der Waals surface area contributed by atoms with E-state index in [2.05, 4.69) is 10.6 Å². The van der Waals surface area contributed by atoms with Crippen LogP contribution in [0.3, 0.4) is 0 Å². The van der Waals surface area contributed by atoms with Crippen LogP contribution in [0.25, 0.3) is 11.1 Å². The molecule has 3 aromatic carbocycles. The number of halogens is 1. The van der Waals surface area contributed by atoms with Crippen molar-refractivity contribution in [1.29, 1.82) is 0 Å². The van der Waals surface area contributed by atoms with Crippen LogP contribution in [-0.4, -0.2) is 35.2 Å². The van der Waals surface area contributed by atoms with Crippen LogP contribution in [0.2, 0.25) is 0 Å². The number of hydrogen-bond acceptors (Lipinski definition) is 4. The fourth-order valence-electron chi connectivity index (χ4n) is 4.74. The summed E-state index contributed by atoms with van der Waals surface area (Å²) in [4.78, 5) is 36.6. The van der Waals surface area contributed by atoms with E-state index in [0.717, 1.165) is 28.3 Å². The molecule has 2 amide bonds. The minimum atomic E-state index is -1.38. The van der Waals surface area contributed by atoms with E-state index >= 15 is 0 Å². The third-order valence-electron chi connectivity index (χ3n) is 6.77. The van der Waals surface area contributed by atoms with E-state index in [4.69, 9.17) is 4.74 Å². The molecular weight excluding hydrogens is 451 g/mol. The Hall–Kier alpha value is -4.20. The molecule has 0 aromatic heterocycles. The molecule has 178 valence electrons. The summed E-state index contributed by atoms with van der Waals surface area (Å²) in [7, 11) is 0.